The van der Waals surface area contributed by atoms with Gasteiger partial charge in [0.1, 0.15) is 11.6 Å². The van der Waals surface area contributed by atoms with Gasteiger partial charge in [-0.2, -0.15) is 0 Å². The van der Waals surface area contributed by atoms with Crippen molar-refractivity contribution in [3.05, 3.63) is 65.5 Å². The first-order valence-electron chi connectivity index (χ1n) is 9.67. The number of carbonyl (C=O) groups is 2. The molecule has 5 nitrogen and oxygen atoms in total. The van der Waals surface area contributed by atoms with E-state index in [1.165, 1.54) is 24.3 Å². The van der Waals surface area contributed by atoms with E-state index in [0.717, 1.165) is 18.6 Å². The summed E-state index contributed by atoms with van der Waals surface area (Å²) in [5, 5.41) is 0. The molecule has 4 rings (SSSR count). The van der Waals surface area contributed by atoms with Gasteiger partial charge in [-0.05, 0) is 55.3 Å². The Morgan fingerprint density at radius 3 is 2.41 bits per heavy atom. The van der Waals surface area contributed by atoms with E-state index in [0.29, 0.717) is 36.5 Å². The van der Waals surface area contributed by atoms with E-state index in [9.17, 15) is 14.0 Å². The van der Waals surface area contributed by atoms with Crippen molar-refractivity contribution in [1.29, 1.82) is 0 Å². The van der Waals surface area contributed by atoms with Crippen LogP contribution >= 0.6 is 11.8 Å². The summed E-state index contributed by atoms with van der Waals surface area (Å²) in [5.74, 6) is 1.10. The number of likely N-dealkylation sites (tertiary alicyclic amines) is 1. The highest BCUT2D eigenvalue weighted by molar-refractivity contribution is 8.00. The van der Waals surface area contributed by atoms with Gasteiger partial charge in [-0.15, -0.1) is 11.8 Å². The topological polar surface area (TPSA) is 49.9 Å². The maximum atomic E-state index is 13.2. The Kier molecular flexibility index (Phi) is 5.50. The molecular weight excluding hydrogens is 391 g/mol. The van der Waals surface area contributed by atoms with Gasteiger partial charge < -0.3 is 14.5 Å². The molecule has 152 valence electrons. The molecule has 0 bridgehead atoms. The molecule has 29 heavy (non-hydrogen) atoms. The summed E-state index contributed by atoms with van der Waals surface area (Å²) < 4.78 is 18.4. The lowest BCUT2D eigenvalue weighted by atomic mass is 10.00. The molecule has 7 heteroatoms. The molecular formula is C22H23FN2O3S. The van der Waals surface area contributed by atoms with Gasteiger partial charge in [0.05, 0.1) is 12.0 Å². The van der Waals surface area contributed by atoms with Crippen LogP contribution in [0.1, 0.15) is 33.6 Å². The Labute approximate surface area is 173 Å². The van der Waals surface area contributed by atoms with Crippen molar-refractivity contribution < 1.29 is 18.7 Å². The summed E-state index contributed by atoms with van der Waals surface area (Å²) in [5.41, 5.74) is 1.11. The summed E-state index contributed by atoms with van der Waals surface area (Å²) in [7, 11) is 1.58. The van der Waals surface area contributed by atoms with E-state index >= 15 is 0 Å². The predicted molar refractivity (Wildman–Crippen MR) is 111 cm³/mol. The van der Waals surface area contributed by atoms with Gasteiger partial charge in [0.25, 0.3) is 11.8 Å². The van der Waals surface area contributed by atoms with Crippen molar-refractivity contribution >= 4 is 23.6 Å². The number of nitrogens with zero attached hydrogens (tertiary/aromatic N) is 2. The van der Waals surface area contributed by atoms with Crippen LogP contribution in [0.2, 0.25) is 0 Å². The Balaban J connectivity index is 1.46. The molecule has 2 heterocycles. The van der Waals surface area contributed by atoms with Gasteiger partial charge in [0.15, 0.2) is 0 Å². The van der Waals surface area contributed by atoms with E-state index in [-0.39, 0.29) is 22.5 Å². The molecule has 0 atom stereocenters. The third kappa shape index (κ3) is 3.83. The van der Waals surface area contributed by atoms with Crippen LogP contribution in [0.4, 0.5) is 4.39 Å². The lowest BCUT2D eigenvalue weighted by Crippen LogP contribution is -2.53. The van der Waals surface area contributed by atoms with E-state index < -0.39 is 0 Å². The minimum Gasteiger partial charge on any atom is -0.497 e. The standard InChI is InChI=1S/C22H23FN2O3S/c1-28-19-4-2-3-17(15-19)20(26)24-11-9-22(10-12-24)25(13-14-29-22)21(27)16-5-7-18(23)8-6-16/h2-8,15H,9-14H2,1H3. The van der Waals surface area contributed by atoms with E-state index in [1.54, 1.807) is 31.0 Å². The number of methoxy groups -OCH3 is 1. The Hall–Kier alpha value is -2.54. The minimum absolute atomic E-state index is 0.0156. The second kappa shape index (κ2) is 8.06. The number of halogens is 1. The first-order valence-corrected chi connectivity index (χ1v) is 10.7. The molecule has 0 saturated carbocycles. The highest BCUT2D eigenvalue weighted by atomic mass is 32.2. The van der Waals surface area contributed by atoms with Crippen LogP contribution in [0.3, 0.4) is 0 Å². The van der Waals surface area contributed by atoms with Crippen LogP contribution in [0.5, 0.6) is 5.75 Å². The highest BCUT2D eigenvalue weighted by Gasteiger charge is 2.47. The third-order valence-corrected chi connectivity index (χ3v) is 7.22. The van der Waals surface area contributed by atoms with Crippen molar-refractivity contribution in [3.8, 4) is 5.75 Å². The molecule has 2 aromatic rings. The van der Waals surface area contributed by atoms with E-state index in [4.69, 9.17) is 4.74 Å². The normalized spacial score (nSPS) is 18.1. The van der Waals surface area contributed by atoms with Crippen LogP contribution in [-0.4, -0.2) is 59.0 Å². The van der Waals surface area contributed by atoms with Crippen LogP contribution in [0, 0.1) is 5.82 Å². The van der Waals surface area contributed by atoms with Gasteiger partial charge in [0.2, 0.25) is 0 Å². The number of piperidine rings is 1. The molecule has 2 aliphatic heterocycles. The van der Waals surface area contributed by atoms with Gasteiger partial charge in [-0.1, -0.05) is 6.07 Å². The number of hydrogen-bond acceptors (Lipinski definition) is 4. The van der Waals surface area contributed by atoms with Crippen LogP contribution < -0.4 is 4.74 Å². The molecule has 0 N–H and O–H groups in total. The maximum Gasteiger partial charge on any atom is 0.254 e. The first kappa shape index (κ1) is 19.8. The predicted octanol–water partition coefficient (Wildman–Crippen LogP) is 3.66. The highest BCUT2D eigenvalue weighted by Crippen LogP contribution is 2.44. The van der Waals surface area contributed by atoms with Gasteiger partial charge in [0, 0.05) is 36.5 Å². The molecule has 2 aliphatic rings. The summed E-state index contributed by atoms with van der Waals surface area (Å²) in [6, 6.07) is 12.9. The SMILES string of the molecule is COc1cccc(C(=O)N2CCC3(CC2)SCCN3C(=O)c2ccc(F)cc2)c1. The number of thioether (sulfide) groups is 1. The van der Waals surface area contributed by atoms with Gasteiger partial charge in [-0.3, -0.25) is 9.59 Å². The second-order valence-corrected chi connectivity index (χ2v) is 8.74. The second-order valence-electron chi connectivity index (χ2n) is 7.28. The third-order valence-electron chi connectivity index (χ3n) is 5.66. The smallest absolute Gasteiger partial charge is 0.254 e. The minimum atomic E-state index is -0.351. The number of ether oxygens (including phenoxy) is 1. The number of benzene rings is 2. The zero-order valence-electron chi connectivity index (χ0n) is 16.3. The zero-order valence-corrected chi connectivity index (χ0v) is 17.1. The first-order chi connectivity index (χ1) is 14.0. The molecule has 2 fully saturated rings. The average Bonchev–Trinajstić information content (AvgIpc) is 3.16. The van der Waals surface area contributed by atoms with Gasteiger partial charge in [-0.25, -0.2) is 4.39 Å². The van der Waals surface area contributed by atoms with E-state index in [1.807, 2.05) is 21.9 Å². The summed E-state index contributed by atoms with van der Waals surface area (Å²) in [6.45, 7) is 1.86. The summed E-state index contributed by atoms with van der Waals surface area (Å²) >= 11 is 1.79. The fourth-order valence-corrected chi connectivity index (χ4v) is 5.51. The quantitative estimate of drug-likeness (QED) is 0.769. The fraction of sp³-hybridized carbons (Fsp3) is 0.364. The van der Waals surface area contributed by atoms with Crippen molar-refractivity contribution in [2.75, 3.05) is 32.5 Å². The molecule has 2 saturated heterocycles. The van der Waals surface area contributed by atoms with Gasteiger partial charge >= 0.3 is 0 Å². The Morgan fingerprint density at radius 1 is 1.00 bits per heavy atom. The number of rotatable bonds is 3. The zero-order chi connectivity index (χ0) is 20.4. The lowest BCUT2D eigenvalue weighted by molar-refractivity contribution is 0.0497. The molecule has 0 radical (unpaired) electrons. The largest absolute Gasteiger partial charge is 0.497 e. The summed E-state index contributed by atoms with van der Waals surface area (Å²) in [4.78, 5) is 29.4. The van der Waals surface area contributed by atoms with Crippen molar-refractivity contribution in [1.82, 2.24) is 9.80 Å². The van der Waals surface area contributed by atoms with Crippen LogP contribution in [0.25, 0.3) is 0 Å². The van der Waals surface area contributed by atoms with Crippen molar-refractivity contribution in [2.45, 2.75) is 17.7 Å². The fourth-order valence-electron chi connectivity index (χ4n) is 4.06. The Morgan fingerprint density at radius 2 is 1.72 bits per heavy atom. The average molecular weight is 415 g/mol. The maximum absolute atomic E-state index is 13.2. The van der Waals surface area contributed by atoms with Crippen LogP contribution in [-0.2, 0) is 0 Å². The Bertz CT molecular complexity index is 911. The van der Waals surface area contributed by atoms with Crippen LogP contribution in [0.15, 0.2) is 48.5 Å². The molecule has 0 aliphatic carbocycles. The number of hydrogen-bond donors (Lipinski definition) is 0. The molecule has 0 unspecified atom stereocenters. The van der Waals surface area contributed by atoms with Crippen molar-refractivity contribution in [2.24, 2.45) is 0 Å². The molecule has 0 aromatic heterocycles. The van der Waals surface area contributed by atoms with Crippen molar-refractivity contribution in [3.63, 3.8) is 0 Å². The number of carbonyl (C=O) groups excluding carboxylic acids is 2. The molecule has 2 amide bonds. The molecule has 1 spiro atoms. The van der Waals surface area contributed by atoms with E-state index in [2.05, 4.69) is 0 Å². The summed E-state index contributed by atoms with van der Waals surface area (Å²) in [6.07, 6.45) is 1.45. The molecule has 2 aromatic carbocycles. The monoisotopic (exact) mass is 414 g/mol. The number of amides is 2. The lowest BCUT2D eigenvalue weighted by Gasteiger charge is -2.44.